The number of methoxy groups -OCH3 is 1. The first kappa shape index (κ1) is 16.4. The first-order chi connectivity index (χ1) is 11.8. The highest BCUT2D eigenvalue weighted by Crippen LogP contribution is 2.35. The highest BCUT2D eigenvalue weighted by atomic mass is 16.5. The fraction of sp³-hybridized carbons (Fsp3) is 0.300. The Balaban J connectivity index is 1.95. The van der Waals surface area contributed by atoms with Crippen molar-refractivity contribution in [2.75, 3.05) is 20.3 Å². The van der Waals surface area contributed by atoms with Crippen molar-refractivity contribution in [1.82, 2.24) is 4.98 Å². The number of para-hydroxylation sites is 2. The van der Waals surface area contributed by atoms with Gasteiger partial charge < -0.3 is 20.2 Å². The summed E-state index contributed by atoms with van der Waals surface area (Å²) >= 11 is 0. The highest BCUT2D eigenvalue weighted by Gasteiger charge is 2.18. The molecule has 0 spiro atoms. The number of hydrogen-bond acceptors (Lipinski definition) is 3. The smallest absolute Gasteiger partial charge is 0.163 e. The van der Waals surface area contributed by atoms with Crippen molar-refractivity contribution >= 4 is 10.9 Å². The Kier molecular flexibility index (Phi) is 5.06. The molecule has 4 heteroatoms. The van der Waals surface area contributed by atoms with Crippen molar-refractivity contribution in [3.63, 3.8) is 0 Å². The number of aromatic nitrogens is 1. The molecule has 24 heavy (non-hydrogen) atoms. The first-order valence-corrected chi connectivity index (χ1v) is 8.33. The van der Waals surface area contributed by atoms with Gasteiger partial charge in [0, 0.05) is 23.0 Å². The second-order valence-corrected chi connectivity index (χ2v) is 5.81. The molecule has 1 aromatic heterocycles. The van der Waals surface area contributed by atoms with E-state index in [4.69, 9.17) is 15.2 Å². The zero-order valence-corrected chi connectivity index (χ0v) is 14.2. The molecule has 4 nitrogen and oxygen atoms in total. The molecule has 126 valence electrons. The molecule has 0 radical (unpaired) electrons. The summed E-state index contributed by atoms with van der Waals surface area (Å²) in [6, 6.07) is 14.3. The third-order valence-corrected chi connectivity index (χ3v) is 4.38. The van der Waals surface area contributed by atoms with Crippen LogP contribution in [0.25, 0.3) is 10.9 Å². The molecule has 2 aromatic carbocycles. The Morgan fingerprint density at radius 1 is 1.12 bits per heavy atom. The minimum Gasteiger partial charge on any atom is -0.493 e. The molecule has 3 rings (SSSR count). The number of benzene rings is 2. The quantitative estimate of drug-likeness (QED) is 0.694. The number of H-pyrrole nitrogens is 1. The predicted octanol–water partition coefficient (Wildman–Crippen LogP) is 3.86. The lowest BCUT2D eigenvalue weighted by Gasteiger charge is -2.18. The average Bonchev–Trinajstić information content (AvgIpc) is 3.04. The zero-order valence-electron chi connectivity index (χ0n) is 14.2. The summed E-state index contributed by atoms with van der Waals surface area (Å²) in [5.74, 6) is 1.80. The van der Waals surface area contributed by atoms with E-state index in [-0.39, 0.29) is 5.92 Å². The van der Waals surface area contributed by atoms with Crippen molar-refractivity contribution in [1.29, 1.82) is 0 Å². The Morgan fingerprint density at radius 2 is 1.96 bits per heavy atom. The van der Waals surface area contributed by atoms with E-state index in [2.05, 4.69) is 35.4 Å². The minimum atomic E-state index is 0.215. The zero-order chi connectivity index (χ0) is 16.9. The maximum Gasteiger partial charge on any atom is 0.163 e. The number of nitrogens with one attached hydrogen (secondary N) is 1. The van der Waals surface area contributed by atoms with Crippen molar-refractivity contribution in [2.45, 2.75) is 19.3 Å². The molecular formula is C20H24N2O2. The summed E-state index contributed by atoms with van der Waals surface area (Å²) < 4.78 is 11.3. The lowest BCUT2D eigenvalue weighted by molar-refractivity contribution is 0.309. The molecule has 0 aliphatic carbocycles. The van der Waals surface area contributed by atoms with Gasteiger partial charge in [0.2, 0.25) is 0 Å². The van der Waals surface area contributed by atoms with Gasteiger partial charge in [0.05, 0.1) is 13.7 Å². The number of nitrogens with two attached hydrogens (primary N) is 1. The molecule has 0 bridgehead atoms. The normalized spacial score (nSPS) is 12.3. The molecule has 0 saturated heterocycles. The van der Waals surface area contributed by atoms with E-state index < -0.39 is 0 Å². The summed E-state index contributed by atoms with van der Waals surface area (Å²) in [5, 5.41) is 1.23. The van der Waals surface area contributed by atoms with E-state index in [0.717, 1.165) is 29.0 Å². The van der Waals surface area contributed by atoms with Gasteiger partial charge in [-0.2, -0.15) is 0 Å². The van der Waals surface area contributed by atoms with Crippen LogP contribution in [0.3, 0.4) is 0 Å². The second-order valence-electron chi connectivity index (χ2n) is 5.81. The Labute approximate surface area is 142 Å². The second kappa shape index (κ2) is 7.41. The number of fused-ring (bicyclic) bond motifs is 1. The van der Waals surface area contributed by atoms with Gasteiger partial charge in [-0.25, -0.2) is 0 Å². The van der Waals surface area contributed by atoms with Gasteiger partial charge in [0.25, 0.3) is 0 Å². The topological polar surface area (TPSA) is 60.3 Å². The van der Waals surface area contributed by atoms with Gasteiger partial charge >= 0.3 is 0 Å². The average molecular weight is 324 g/mol. The molecule has 3 aromatic rings. The molecular weight excluding hydrogens is 300 g/mol. The molecule has 0 amide bonds. The van der Waals surface area contributed by atoms with E-state index in [1.807, 2.05) is 25.1 Å². The Bertz CT molecular complexity index is 810. The summed E-state index contributed by atoms with van der Waals surface area (Å²) in [6.45, 7) is 3.16. The Hall–Kier alpha value is -2.46. The van der Waals surface area contributed by atoms with Crippen LogP contribution in [0.1, 0.15) is 24.0 Å². The Morgan fingerprint density at radius 3 is 2.71 bits per heavy atom. The number of aromatic amines is 1. The van der Waals surface area contributed by atoms with Crippen LogP contribution in [-0.4, -0.2) is 25.2 Å². The van der Waals surface area contributed by atoms with Gasteiger partial charge in [-0.05, 0) is 43.1 Å². The van der Waals surface area contributed by atoms with E-state index in [1.54, 1.807) is 7.11 Å². The molecule has 0 fully saturated rings. The van der Waals surface area contributed by atoms with E-state index in [9.17, 15) is 0 Å². The van der Waals surface area contributed by atoms with Gasteiger partial charge in [0.1, 0.15) is 0 Å². The summed E-state index contributed by atoms with van der Waals surface area (Å²) in [6.07, 6.45) is 2.88. The van der Waals surface area contributed by atoms with Crippen molar-refractivity contribution in [3.8, 4) is 11.5 Å². The largest absolute Gasteiger partial charge is 0.493 e. The van der Waals surface area contributed by atoms with Crippen LogP contribution in [-0.2, 0) is 6.42 Å². The third-order valence-electron chi connectivity index (χ3n) is 4.38. The van der Waals surface area contributed by atoms with Crippen LogP contribution in [0, 0.1) is 0 Å². The molecule has 0 aliphatic rings. The number of ether oxygens (including phenoxy) is 2. The molecule has 1 heterocycles. The predicted molar refractivity (Wildman–Crippen MR) is 98.0 cm³/mol. The SMILES string of the molecule is CCOc1cccc(CC(CN)c2c[nH]c3ccccc23)c1OC. The third kappa shape index (κ3) is 3.10. The van der Waals surface area contributed by atoms with Crippen LogP contribution < -0.4 is 15.2 Å². The van der Waals surface area contributed by atoms with Crippen LogP contribution >= 0.6 is 0 Å². The van der Waals surface area contributed by atoms with E-state index in [1.165, 1.54) is 10.9 Å². The number of rotatable bonds is 7. The molecule has 1 unspecified atom stereocenters. The van der Waals surface area contributed by atoms with Crippen LogP contribution in [0.15, 0.2) is 48.7 Å². The summed E-state index contributed by atoms with van der Waals surface area (Å²) in [5.41, 5.74) is 9.61. The van der Waals surface area contributed by atoms with Crippen molar-refractivity contribution < 1.29 is 9.47 Å². The van der Waals surface area contributed by atoms with Gasteiger partial charge in [0.15, 0.2) is 11.5 Å². The lowest BCUT2D eigenvalue weighted by Crippen LogP contribution is -2.15. The molecule has 1 atom stereocenters. The fourth-order valence-corrected chi connectivity index (χ4v) is 3.24. The maximum atomic E-state index is 6.11. The maximum absolute atomic E-state index is 6.11. The lowest BCUT2D eigenvalue weighted by atomic mass is 9.91. The van der Waals surface area contributed by atoms with Crippen LogP contribution in [0.5, 0.6) is 11.5 Å². The number of hydrogen-bond donors (Lipinski definition) is 2. The van der Waals surface area contributed by atoms with Gasteiger partial charge in [-0.1, -0.05) is 30.3 Å². The highest BCUT2D eigenvalue weighted by molar-refractivity contribution is 5.83. The first-order valence-electron chi connectivity index (χ1n) is 8.33. The van der Waals surface area contributed by atoms with Crippen LogP contribution in [0.2, 0.25) is 0 Å². The summed E-state index contributed by atoms with van der Waals surface area (Å²) in [7, 11) is 1.69. The monoisotopic (exact) mass is 324 g/mol. The molecule has 0 saturated carbocycles. The van der Waals surface area contributed by atoms with Crippen molar-refractivity contribution in [2.24, 2.45) is 5.73 Å². The van der Waals surface area contributed by atoms with Gasteiger partial charge in [-0.3, -0.25) is 0 Å². The van der Waals surface area contributed by atoms with E-state index >= 15 is 0 Å². The summed E-state index contributed by atoms with van der Waals surface area (Å²) in [4.78, 5) is 3.34. The fourth-order valence-electron chi connectivity index (χ4n) is 3.24. The minimum absolute atomic E-state index is 0.215. The van der Waals surface area contributed by atoms with Gasteiger partial charge in [-0.15, -0.1) is 0 Å². The standard InChI is InChI=1S/C20H24N2O2/c1-3-24-19-10-6-7-14(20(19)23-2)11-15(12-21)17-13-22-18-9-5-4-8-16(17)18/h4-10,13,15,22H,3,11-12,21H2,1-2H3. The van der Waals surface area contributed by atoms with Crippen molar-refractivity contribution in [3.05, 3.63) is 59.8 Å². The molecule has 3 N–H and O–H groups in total. The van der Waals surface area contributed by atoms with E-state index in [0.29, 0.717) is 13.2 Å². The van der Waals surface area contributed by atoms with Crippen LogP contribution in [0.4, 0.5) is 0 Å². The molecule has 0 aliphatic heterocycles.